The quantitative estimate of drug-likeness (QED) is 0.678. The third-order valence-corrected chi connectivity index (χ3v) is 7.16. The fourth-order valence-electron chi connectivity index (χ4n) is 2.39. The Bertz CT molecular complexity index is 177. The molecule has 0 amide bonds. The number of hydrogen-bond acceptors (Lipinski definition) is 3. The lowest BCUT2D eigenvalue weighted by atomic mass is 10.2. The number of rotatable bonds is 5. The van der Waals surface area contributed by atoms with Crippen LogP contribution in [0.25, 0.3) is 0 Å². The fraction of sp³-hybridized carbons (Fsp3) is 1.00. The van der Waals surface area contributed by atoms with Gasteiger partial charge in [0.05, 0.1) is 0 Å². The van der Waals surface area contributed by atoms with Crippen LogP contribution >= 0.6 is 0 Å². The van der Waals surface area contributed by atoms with Crippen molar-refractivity contribution in [1.29, 1.82) is 0 Å². The maximum absolute atomic E-state index is 5.78. The summed E-state index contributed by atoms with van der Waals surface area (Å²) in [5, 5.41) is 0. The van der Waals surface area contributed by atoms with Crippen molar-refractivity contribution >= 4 is 8.72 Å². The topological polar surface area (TPSA) is 21.7 Å². The van der Waals surface area contributed by atoms with Gasteiger partial charge in [-0.2, -0.15) is 0 Å². The third-order valence-electron chi connectivity index (χ3n) is 3.14. The zero-order valence-electron chi connectivity index (χ0n) is 10.6. The number of hydrogen-bond donors (Lipinski definition) is 0. The summed E-state index contributed by atoms with van der Waals surface area (Å²) >= 11 is 0. The second-order valence-electron chi connectivity index (χ2n) is 4.77. The molecule has 0 aromatic rings. The minimum absolute atomic E-state index is 0.637. The van der Waals surface area contributed by atoms with Crippen LogP contribution in [0.15, 0.2) is 0 Å². The second-order valence-corrected chi connectivity index (χ2v) is 8.05. The Labute approximate surface area is 95.1 Å². The summed E-state index contributed by atoms with van der Waals surface area (Å²) in [6.07, 6.45) is 3.94. The largest absolute Gasteiger partial charge is 0.427 e. The van der Waals surface area contributed by atoms with E-state index in [1.54, 1.807) is 0 Å². The van der Waals surface area contributed by atoms with E-state index in [4.69, 9.17) is 8.85 Å². The molecule has 0 N–H and O–H groups in total. The van der Waals surface area contributed by atoms with E-state index in [2.05, 4.69) is 18.4 Å². The van der Waals surface area contributed by atoms with E-state index >= 15 is 0 Å². The van der Waals surface area contributed by atoms with Crippen molar-refractivity contribution in [3.8, 4) is 0 Å². The lowest BCUT2D eigenvalue weighted by Gasteiger charge is -2.41. The Balaban J connectivity index is 2.68. The van der Waals surface area contributed by atoms with Crippen molar-refractivity contribution in [3.63, 3.8) is 0 Å². The monoisotopic (exact) mass is 231 g/mol. The van der Waals surface area contributed by atoms with Gasteiger partial charge in [-0.15, -0.1) is 0 Å². The summed E-state index contributed by atoms with van der Waals surface area (Å²) in [5.74, 6) is 0.637. The summed E-state index contributed by atoms with van der Waals surface area (Å²) in [7, 11) is 1.55. The van der Waals surface area contributed by atoms with Gasteiger partial charge < -0.3 is 8.85 Å². The van der Waals surface area contributed by atoms with E-state index in [0.717, 1.165) is 19.1 Å². The first-order valence-corrected chi connectivity index (χ1v) is 7.97. The molecule has 4 heteroatoms. The van der Waals surface area contributed by atoms with Gasteiger partial charge in [-0.05, 0) is 31.8 Å². The predicted octanol–water partition coefficient (Wildman–Crippen LogP) is 2.36. The molecule has 1 fully saturated rings. The van der Waals surface area contributed by atoms with Crippen molar-refractivity contribution in [1.82, 2.24) is 4.57 Å². The molecule has 0 bridgehead atoms. The molecule has 0 unspecified atom stereocenters. The highest BCUT2D eigenvalue weighted by atomic mass is 28.4. The summed E-state index contributed by atoms with van der Waals surface area (Å²) in [4.78, 5) is 0. The highest BCUT2D eigenvalue weighted by Crippen LogP contribution is 2.25. The fourth-order valence-corrected chi connectivity index (χ4v) is 5.69. The van der Waals surface area contributed by atoms with Gasteiger partial charge in [0.15, 0.2) is 0 Å². The molecule has 90 valence electrons. The van der Waals surface area contributed by atoms with Crippen LogP contribution in [0.3, 0.4) is 0 Å². The van der Waals surface area contributed by atoms with Gasteiger partial charge in [0.25, 0.3) is 0 Å². The Hall–Kier alpha value is 0.0969. The van der Waals surface area contributed by atoms with E-state index in [1.807, 2.05) is 14.2 Å². The van der Waals surface area contributed by atoms with Gasteiger partial charge in [0, 0.05) is 20.3 Å². The molecule has 0 aromatic carbocycles. The molecular weight excluding hydrogens is 206 g/mol. The smallest absolute Gasteiger partial charge is 0.386 e. The van der Waals surface area contributed by atoms with E-state index in [-0.39, 0.29) is 0 Å². The van der Waals surface area contributed by atoms with Crippen LogP contribution in [-0.4, -0.2) is 40.6 Å². The van der Waals surface area contributed by atoms with Gasteiger partial charge >= 0.3 is 8.72 Å². The molecule has 1 heterocycles. The minimum Gasteiger partial charge on any atom is -0.386 e. The molecule has 1 rings (SSSR count). The standard InChI is InChI=1S/C11H25NO2Si/c1-11(2)10-15(13-3,14-4)12-8-6-5-7-9-12/h11H,5-10H2,1-4H3. The van der Waals surface area contributed by atoms with Crippen LogP contribution in [0.2, 0.25) is 6.04 Å². The summed E-state index contributed by atoms with van der Waals surface area (Å²) in [5.41, 5.74) is 0. The van der Waals surface area contributed by atoms with Gasteiger partial charge in [-0.1, -0.05) is 20.3 Å². The zero-order valence-corrected chi connectivity index (χ0v) is 11.6. The molecule has 0 atom stereocenters. The molecular formula is C11H25NO2Si. The Morgan fingerprint density at radius 3 is 2.00 bits per heavy atom. The molecule has 0 saturated carbocycles. The molecule has 3 nitrogen and oxygen atoms in total. The number of nitrogens with zero attached hydrogens (tertiary/aromatic N) is 1. The molecule has 0 spiro atoms. The Morgan fingerprint density at radius 1 is 1.07 bits per heavy atom. The first kappa shape index (κ1) is 13.2. The van der Waals surface area contributed by atoms with Crippen molar-refractivity contribution in [2.45, 2.75) is 39.2 Å². The first-order valence-electron chi connectivity index (χ1n) is 6.00. The summed E-state index contributed by atoms with van der Waals surface area (Å²) in [6, 6.07) is 1.07. The van der Waals surface area contributed by atoms with Crippen molar-refractivity contribution in [3.05, 3.63) is 0 Å². The SMILES string of the molecule is CO[Si](CC(C)C)(OC)N1CCCCC1. The van der Waals surface area contributed by atoms with E-state index in [1.165, 1.54) is 19.3 Å². The molecule has 0 aromatic heterocycles. The number of piperidine rings is 1. The Kier molecular flexibility index (Phi) is 5.25. The highest BCUT2D eigenvalue weighted by molar-refractivity contribution is 6.64. The molecule has 0 radical (unpaired) electrons. The van der Waals surface area contributed by atoms with Crippen LogP contribution in [0.4, 0.5) is 0 Å². The average molecular weight is 231 g/mol. The van der Waals surface area contributed by atoms with E-state index in [0.29, 0.717) is 5.92 Å². The van der Waals surface area contributed by atoms with E-state index < -0.39 is 8.72 Å². The van der Waals surface area contributed by atoms with Crippen molar-refractivity contribution in [2.75, 3.05) is 27.3 Å². The van der Waals surface area contributed by atoms with Gasteiger partial charge in [0.2, 0.25) is 0 Å². The summed E-state index contributed by atoms with van der Waals surface area (Å²) < 4.78 is 14.0. The first-order chi connectivity index (χ1) is 7.14. The van der Waals surface area contributed by atoms with Crippen molar-refractivity contribution in [2.24, 2.45) is 5.92 Å². The maximum Gasteiger partial charge on any atom is 0.427 e. The lowest BCUT2D eigenvalue weighted by Crippen LogP contribution is -2.59. The average Bonchev–Trinajstić information content (AvgIpc) is 2.27. The molecule has 1 saturated heterocycles. The van der Waals surface area contributed by atoms with Crippen LogP contribution in [0.1, 0.15) is 33.1 Å². The molecule has 1 aliphatic heterocycles. The minimum atomic E-state index is -2.07. The maximum atomic E-state index is 5.78. The molecule has 0 aliphatic carbocycles. The predicted molar refractivity (Wildman–Crippen MR) is 64.8 cm³/mol. The van der Waals surface area contributed by atoms with Crippen molar-refractivity contribution < 1.29 is 8.85 Å². The van der Waals surface area contributed by atoms with Crippen LogP contribution in [-0.2, 0) is 8.85 Å². The van der Waals surface area contributed by atoms with Gasteiger partial charge in [0.1, 0.15) is 0 Å². The normalized spacial score (nSPS) is 19.8. The lowest BCUT2D eigenvalue weighted by molar-refractivity contribution is 0.144. The van der Waals surface area contributed by atoms with Crippen LogP contribution in [0.5, 0.6) is 0 Å². The highest BCUT2D eigenvalue weighted by Gasteiger charge is 2.44. The van der Waals surface area contributed by atoms with Crippen LogP contribution in [0, 0.1) is 5.92 Å². The summed E-state index contributed by atoms with van der Waals surface area (Å²) in [6.45, 7) is 6.79. The van der Waals surface area contributed by atoms with E-state index in [9.17, 15) is 0 Å². The third kappa shape index (κ3) is 3.28. The van der Waals surface area contributed by atoms with Crippen LogP contribution < -0.4 is 0 Å². The Morgan fingerprint density at radius 2 is 1.60 bits per heavy atom. The molecule has 15 heavy (non-hydrogen) atoms. The zero-order chi connectivity index (χ0) is 11.3. The van der Waals surface area contributed by atoms with Gasteiger partial charge in [-0.3, -0.25) is 4.57 Å². The second kappa shape index (κ2) is 5.99. The molecule has 1 aliphatic rings. The van der Waals surface area contributed by atoms with Gasteiger partial charge in [-0.25, -0.2) is 0 Å².